The Balaban J connectivity index is 1.65. The average molecular weight is 331 g/mol. The highest BCUT2D eigenvalue weighted by molar-refractivity contribution is 5.10. The zero-order chi connectivity index (χ0) is 16.8. The van der Waals surface area contributed by atoms with E-state index in [0.29, 0.717) is 12.5 Å². The highest BCUT2D eigenvalue weighted by Gasteiger charge is 2.24. The van der Waals surface area contributed by atoms with Crippen LogP contribution in [-0.2, 0) is 24.4 Å². The molecular weight excluding hydrogens is 306 g/mol. The molecule has 8 heteroatoms. The van der Waals surface area contributed by atoms with Crippen molar-refractivity contribution in [2.75, 3.05) is 20.2 Å². The van der Waals surface area contributed by atoms with Crippen LogP contribution in [0.3, 0.4) is 0 Å². The highest BCUT2D eigenvalue weighted by Crippen LogP contribution is 2.26. The van der Waals surface area contributed by atoms with Crippen molar-refractivity contribution in [3.63, 3.8) is 0 Å². The van der Waals surface area contributed by atoms with E-state index < -0.39 is 0 Å². The summed E-state index contributed by atoms with van der Waals surface area (Å²) in [6, 6.07) is 2.02. The quantitative estimate of drug-likeness (QED) is 0.758. The standard InChI is InChI=1S/C16H25N7O/c1-3-8-23-16(19-20-21-23)11-22-9-4-5-13(10-22)14-6-7-17-15(18-14)12-24-2/h6-7,13H,3-5,8-12H2,1-2H3. The van der Waals surface area contributed by atoms with E-state index in [1.807, 2.05) is 16.9 Å². The molecule has 1 fully saturated rings. The van der Waals surface area contributed by atoms with E-state index in [4.69, 9.17) is 4.74 Å². The summed E-state index contributed by atoms with van der Waals surface area (Å²) in [4.78, 5) is 11.3. The molecule has 0 amide bonds. The minimum atomic E-state index is 0.424. The fraction of sp³-hybridized carbons (Fsp3) is 0.688. The molecule has 0 aromatic carbocycles. The first-order chi connectivity index (χ1) is 11.8. The second-order valence-electron chi connectivity index (χ2n) is 6.22. The van der Waals surface area contributed by atoms with Crippen LogP contribution in [0, 0.1) is 0 Å². The van der Waals surface area contributed by atoms with Gasteiger partial charge in [-0.1, -0.05) is 6.92 Å². The molecule has 0 spiro atoms. The van der Waals surface area contributed by atoms with E-state index >= 15 is 0 Å². The maximum Gasteiger partial charge on any atom is 0.165 e. The molecule has 0 radical (unpaired) electrons. The normalized spacial score (nSPS) is 18.8. The van der Waals surface area contributed by atoms with Crippen LogP contribution in [0.15, 0.2) is 12.3 Å². The van der Waals surface area contributed by atoms with Crippen molar-refractivity contribution in [3.8, 4) is 0 Å². The molecule has 0 saturated carbocycles. The van der Waals surface area contributed by atoms with Crippen molar-refractivity contribution >= 4 is 0 Å². The molecule has 8 nitrogen and oxygen atoms in total. The van der Waals surface area contributed by atoms with Crippen LogP contribution in [0.5, 0.6) is 0 Å². The van der Waals surface area contributed by atoms with Crippen LogP contribution >= 0.6 is 0 Å². The lowest BCUT2D eigenvalue weighted by Crippen LogP contribution is -2.35. The summed E-state index contributed by atoms with van der Waals surface area (Å²) in [5.41, 5.74) is 1.11. The Kier molecular flexibility index (Phi) is 5.81. The number of aromatic nitrogens is 6. The minimum Gasteiger partial charge on any atom is -0.377 e. The molecule has 0 aliphatic carbocycles. The van der Waals surface area contributed by atoms with E-state index in [1.54, 1.807) is 7.11 Å². The second kappa shape index (κ2) is 8.25. The predicted molar refractivity (Wildman–Crippen MR) is 88.1 cm³/mol. The number of nitrogens with zero attached hydrogens (tertiary/aromatic N) is 7. The molecule has 0 N–H and O–H groups in total. The largest absolute Gasteiger partial charge is 0.377 e. The van der Waals surface area contributed by atoms with Crippen LogP contribution in [0.25, 0.3) is 0 Å². The Labute approximate surface area is 142 Å². The van der Waals surface area contributed by atoms with Gasteiger partial charge in [-0.3, -0.25) is 4.90 Å². The van der Waals surface area contributed by atoms with Gasteiger partial charge in [0.1, 0.15) is 6.61 Å². The Morgan fingerprint density at radius 3 is 3.12 bits per heavy atom. The fourth-order valence-corrected chi connectivity index (χ4v) is 3.20. The molecule has 1 aliphatic heterocycles. The predicted octanol–water partition coefficient (Wildman–Crippen LogP) is 1.40. The number of likely N-dealkylation sites (tertiary alicyclic amines) is 1. The lowest BCUT2D eigenvalue weighted by atomic mass is 9.94. The van der Waals surface area contributed by atoms with Crippen LogP contribution in [0.1, 0.15) is 49.4 Å². The summed E-state index contributed by atoms with van der Waals surface area (Å²) in [5.74, 6) is 2.12. The molecule has 24 heavy (non-hydrogen) atoms. The van der Waals surface area contributed by atoms with E-state index in [2.05, 4.69) is 37.3 Å². The average Bonchev–Trinajstić information content (AvgIpc) is 3.03. The first-order valence-corrected chi connectivity index (χ1v) is 8.58. The van der Waals surface area contributed by atoms with Gasteiger partial charge < -0.3 is 4.74 Å². The Bertz CT molecular complexity index is 645. The van der Waals surface area contributed by atoms with Crippen molar-refractivity contribution in [1.29, 1.82) is 0 Å². The molecular formula is C16H25N7O. The number of ether oxygens (including phenoxy) is 1. The van der Waals surface area contributed by atoms with Gasteiger partial charge in [0, 0.05) is 38.0 Å². The summed E-state index contributed by atoms with van der Waals surface area (Å²) >= 11 is 0. The molecule has 1 unspecified atom stereocenters. The van der Waals surface area contributed by atoms with E-state index in [9.17, 15) is 0 Å². The summed E-state index contributed by atoms with van der Waals surface area (Å²) < 4.78 is 7.05. The number of tetrazole rings is 1. The lowest BCUT2D eigenvalue weighted by Gasteiger charge is -2.32. The van der Waals surface area contributed by atoms with Gasteiger partial charge in [0.25, 0.3) is 0 Å². The second-order valence-corrected chi connectivity index (χ2v) is 6.22. The van der Waals surface area contributed by atoms with E-state index in [1.165, 1.54) is 0 Å². The van der Waals surface area contributed by atoms with Crippen LogP contribution < -0.4 is 0 Å². The monoisotopic (exact) mass is 331 g/mol. The molecule has 3 heterocycles. The van der Waals surface area contributed by atoms with Gasteiger partial charge in [0.05, 0.1) is 6.54 Å². The third-order valence-corrected chi connectivity index (χ3v) is 4.33. The van der Waals surface area contributed by atoms with Crippen LogP contribution in [-0.4, -0.2) is 55.3 Å². The Hall–Kier alpha value is -1.93. The van der Waals surface area contributed by atoms with Gasteiger partial charge in [0.2, 0.25) is 0 Å². The summed E-state index contributed by atoms with van der Waals surface area (Å²) in [6.07, 6.45) is 5.17. The molecule has 1 aliphatic rings. The maximum absolute atomic E-state index is 5.14. The number of hydrogen-bond acceptors (Lipinski definition) is 7. The topological polar surface area (TPSA) is 81.9 Å². The van der Waals surface area contributed by atoms with Crippen LogP contribution in [0.4, 0.5) is 0 Å². The first kappa shape index (κ1) is 16.9. The molecule has 130 valence electrons. The molecule has 2 aromatic rings. The Morgan fingerprint density at radius 1 is 1.38 bits per heavy atom. The third-order valence-electron chi connectivity index (χ3n) is 4.33. The molecule has 0 bridgehead atoms. The van der Waals surface area contributed by atoms with Crippen molar-refractivity contribution < 1.29 is 4.74 Å². The maximum atomic E-state index is 5.14. The van der Waals surface area contributed by atoms with Gasteiger partial charge in [0.15, 0.2) is 11.6 Å². The zero-order valence-corrected chi connectivity index (χ0v) is 14.4. The highest BCUT2D eigenvalue weighted by atomic mass is 16.5. The molecule has 1 atom stereocenters. The fourth-order valence-electron chi connectivity index (χ4n) is 3.20. The SMILES string of the molecule is CCCn1nnnc1CN1CCCC(c2ccnc(COC)n2)C1. The van der Waals surface area contributed by atoms with Gasteiger partial charge in [-0.15, -0.1) is 5.10 Å². The summed E-state index contributed by atoms with van der Waals surface area (Å²) in [6.45, 7) is 6.30. The Morgan fingerprint density at radius 2 is 2.29 bits per heavy atom. The minimum absolute atomic E-state index is 0.424. The summed E-state index contributed by atoms with van der Waals surface area (Å²) in [5, 5.41) is 12.1. The van der Waals surface area contributed by atoms with Crippen molar-refractivity contribution in [2.45, 2.75) is 51.8 Å². The van der Waals surface area contributed by atoms with E-state index in [0.717, 1.165) is 62.8 Å². The van der Waals surface area contributed by atoms with Crippen molar-refractivity contribution in [2.24, 2.45) is 0 Å². The molecule has 3 rings (SSSR count). The number of piperidine rings is 1. The van der Waals surface area contributed by atoms with Gasteiger partial charge in [-0.2, -0.15) is 0 Å². The van der Waals surface area contributed by atoms with Gasteiger partial charge >= 0.3 is 0 Å². The lowest BCUT2D eigenvalue weighted by molar-refractivity contribution is 0.175. The van der Waals surface area contributed by atoms with Crippen LogP contribution in [0.2, 0.25) is 0 Å². The van der Waals surface area contributed by atoms with Gasteiger partial charge in [-0.25, -0.2) is 14.6 Å². The number of methoxy groups -OCH3 is 1. The van der Waals surface area contributed by atoms with E-state index in [-0.39, 0.29) is 0 Å². The molecule has 2 aromatic heterocycles. The zero-order valence-electron chi connectivity index (χ0n) is 14.4. The van der Waals surface area contributed by atoms with Gasteiger partial charge in [-0.05, 0) is 42.3 Å². The smallest absolute Gasteiger partial charge is 0.165 e. The number of rotatable bonds is 7. The van der Waals surface area contributed by atoms with Crippen molar-refractivity contribution in [3.05, 3.63) is 29.6 Å². The number of hydrogen-bond donors (Lipinski definition) is 0. The number of aryl methyl sites for hydroxylation is 1. The first-order valence-electron chi connectivity index (χ1n) is 8.58. The summed E-state index contributed by atoms with van der Waals surface area (Å²) in [7, 11) is 1.67. The molecule has 1 saturated heterocycles. The third kappa shape index (κ3) is 4.12. The van der Waals surface area contributed by atoms with Crippen molar-refractivity contribution in [1.82, 2.24) is 35.1 Å².